The summed E-state index contributed by atoms with van der Waals surface area (Å²) < 4.78 is 16.5. The van der Waals surface area contributed by atoms with Crippen molar-refractivity contribution in [3.8, 4) is 5.75 Å². The van der Waals surface area contributed by atoms with Crippen LogP contribution in [-0.4, -0.2) is 43.0 Å². The second-order valence-electron chi connectivity index (χ2n) is 10.7. The largest absolute Gasteiger partial charge is 0.482 e. The molecule has 1 saturated carbocycles. The fourth-order valence-corrected chi connectivity index (χ4v) is 5.46. The molecule has 4 atom stereocenters. The third-order valence-corrected chi connectivity index (χ3v) is 7.38. The highest BCUT2D eigenvalue weighted by molar-refractivity contribution is 5.71. The molecule has 0 saturated heterocycles. The number of ether oxygens (including phenoxy) is 3. The maximum atomic E-state index is 12.5. The lowest BCUT2D eigenvalue weighted by atomic mass is 9.83. The first-order valence-corrected chi connectivity index (χ1v) is 14.0. The van der Waals surface area contributed by atoms with Crippen molar-refractivity contribution in [2.75, 3.05) is 13.7 Å². The predicted octanol–water partition coefficient (Wildman–Crippen LogP) is 6.05. The van der Waals surface area contributed by atoms with Gasteiger partial charge in [0.2, 0.25) is 0 Å². The van der Waals surface area contributed by atoms with Crippen LogP contribution >= 0.6 is 0 Å². The summed E-state index contributed by atoms with van der Waals surface area (Å²) in [7, 11) is 1.36. The summed E-state index contributed by atoms with van der Waals surface area (Å²) in [6, 6.07) is 6.02. The molecule has 6 heteroatoms. The van der Waals surface area contributed by atoms with Crippen molar-refractivity contribution in [3.63, 3.8) is 0 Å². The molecule has 0 aliphatic heterocycles. The Morgan fingerprint density at radius 2 is 1.86 bits per heavy atom. The number of carbonyl (C=O) groups is 2. The first kappa shape index (κ1) is 30.1. The van der Waals surface area contributed by atoms with Crippen molar-refractivity contribution < 1.29 is 28.9 Å². The van der Waals surface area contributed by atoms with Crippen LogP contribution in [-0.2, 0) is 31.9 Å². The number of methoxy groups -OCH3 is 1. The van der Waals surface area contributed by atoms with Gasteiger partial charge in [0.1, 0.15) is 11.9 Å². The van der Waals surface area contributed by atoms with Gasteiger partial charge in [-0.3, -0.25) is 4.79 Å². The van der Waals surface area contributed by atoms with E-state index in [1.165, 1.54) is 12.7 Å². The Hall–Kier alpha value is -2.08. The van der Waals surface area contributed by atoms with Crippen molar-refractivity contribution >= 4 is 11.9 Å². The van der Waals surface area contributed by atoms with Crippen LogP contribution in [0.1, 0.15) is 96.6 Å². The molecule has 1 N–H and O–H groups in total. The second kappa shape index (κ2) is 15.9. The van der Waals surface area contributed by atoms with Crippen molar-refractivity contribution in [1.29, 1.82) is 0 Å². The van der Waals surface area contributed by atoms with Gasteiger partial charge in [-0.2, -0.15) is 0 Å². The van der Waals surface area contributed by atoms with Crippen LogP contribution in [0.25, 0.3) is 0 Å². The second-order valence-corrected chi connectivity index (χ2v) is 10.7. The first-order valence-electron chi connectivity index (χ1n) is 14.0. The minimum Gasteiger partial charge on any atom is -0.482 e. The number of esters is 2. The van der Waals surface area contributed by atoms with E-state index in [-0.39, 0.29) is 36.6 Å². The molecule has 0 aromatic heterocycles. The quantitative estimate of drug-likeness (QED) is 0.218. The summed E-state index contributed by atoms with van der Waals surface area (Å²) in [6.07, 6.45) is 9.35. The molecule has 0 bridgehead atoms. The summed E-state index contributed by atoms with van der Waals surface area (Å²) in [4.78, 5) is 24.1. The third-order valence-electron chi connectivity index (χ3n) is 7.38. The van der Waals surface area contributed by atoms with E-state index < -0.39 is 5.97 Å². The molecule has 6 nitrogen and oxygen atoms in total. The number of aliphatic hydroxyl groups is 1. The van der Waals surface area contributed by atoms with Gasteiger partial charge in [0.25, 0.3) is 0 Å². The van der Waals surface area contributed by atoms with E-state index in [2.05, 4.69) is 19.9 Å². The van der Waals surface area contributed by atoms with Crippen LogP contribution in [0.5, 0.6) is 5.75 Å². The molecule has 2 rings (SSSR count). The van der Waals surface area contributed by atoms with Crippen LogP contribution in [0.3, 0.4) is 0 Å². The van der Waals surface area contributed by atoms with Gasteiger partial charge in [-0.25, -0.2) is 4.79 Å². The predicted molar refractivity (Wildman–Crippen MR) is 142 cm³/mol. The minimum atomic E-state index is -0.401. The molecule has 36 heavy (non-hydrogen) atoms. The van der Waals surface area contributed by atoms with Gasteiger partial charge in [0, 0.05) is 6.42 Å². The summed E-state index contributed by atoms with van der Waals surface area (Å²) >= 11 is 0. The van der Waals surface area contributed by atoms with Crippen molar-refractivity contribution in [1.82, 2.24) is 0 Å². The zero-order valence-electron chi connectivity index (χ0n) is 23.1. The zero-order valence-corrected chi connectivity index (χ0v) is 23.1. The van der Waals surface area contributed by atoms with E-state index in [1.54, 1.807) is 0 Å². The van der Waals surface area contributed by atoms with Crippen molar-refractivity contribution in [3.05, 3.63) is 29.3 Å². The molecule has 1 aliphatic rings. The van der Waals surface area contributed by atoms with Gasteiger partial charge in [-0.15, -0.1) is 0 Å². The number of hydrogen-bond acceptors (Lipinski definition) is 6. The van der Waals surface area contributed by atoms with Gasteiger partial charge >= 0.3 is 11.9 Å². The lowest BCUT2D eigenvalue weighted by molar-refractivity contribution is -0.152. The highest BCUT2D eigenvalue weighted by Crippen LogP contribution is 2.41. The summed E-state index contributed by atoms with van der Waals surface area (Å²) in [5, 5.41) is 10.6. The van der Waals surface area contributed by atoms with Crippen LogP contribution in [0, 0.1) is 17.8 Å². The fraction of sp³-hybridized carbons (Fsp3) is 0.733. The van der Waals surface area contributed by atoms with Crippen LogP contribution in [0.2, 0.25) is 0 Å². The molecule has 1 aromatic rings. The lowest BCUT2D eigenvalue weighted by Gasteiger charge is -2.27. The smallest absolute Gasteiger partial charge is 0.343 e. The average Bonchev–Trinajstić information content (AvgIpc) is 3.21. The average molecular weight is 505 g/mol. The summed E-state index contributed by atoms with van der Waals surface area (Å²) in [5.74, 6) is 1.07. The van der Waals surface area contributed by atoms with E-state index in [1.807, 2.05) is 26.0 Å². The molecule has 1 aromatic carbocycles. The topological polar surface area (TPSA) is 82.1 Å². The Balaban J connectivity index is 2.14. The summed E-state index contributed by atoms with van der Waals surface area (Å²) in [5.41, 5.74) is 2.33. The number of benzene rings is 1. The molecule has 0 heterocycles. The molecule has 0 radical (unpaired) electrons. The highest BCUT2D eigenvalue weighted by Gasteiger charge is 2.38. The maximum Gasteiger partial charge on any atom is 0.343 e. The summed E-state index contributed by atoms with van der Waals surface area (Å²) in [6.45, 7) is 8.22. The van der Waals surface area contributed by atoms with Gasteiger partial charge < -0.3 is 19.3 Å². The van der Waals surface area contributed by atoms with E-state index >= 15 is 0 Å². The molecule has 1 aliphatic carbocycles. The van der Waals surface area contributed by atoms with E-state index in [9.17, 15) is 14.7 Å². The molecule has 0 amide bonds. The first-order chi connectivity index (χ1) is 17.3. The van der Waals surface area contributed by atoms with Crippen LogP contribution < -0.4 is 4.74 Å². The molecular weight excluding hydrogens is 456 g/mol. The van der Waals surface area contributed by atoms with Gasteiger partial charge in [-0.05, 0) is 79.9 Å². The molecular formula is C30H48O6. The third kappa shape index (κ3) is 9.76. The molecule has 204 valence electrons. The van der Waals surface area contributed by atoms with E-state index in [4.69, 9.17) is 14.2 Å². The van der Waals surface area contributed by atoms with Crippen LogP contribution in [0.15, 0.2) is 18.2 Å². The van der Waals surface area contributed by atoms with E-state index in [0.29, 0.717) is 12.3 Å². The Morgan fingerprint density at radius 1 is 1.08 bits per heavy atom. The van der Waals surface area contributed by atoms with Crippen molar-refractivity contribution in [2.45, 2.75) is 111 Å². The van der Waals surface area contributed by atoms with E-state index in [0.717, 1.165) is 75.5 Å². The maximum absolute atomic E-state index is 12.5. The normalized spacial score (nSPS) is 20.4. The Morgan fingerprint density at radius 3 is 2.53 bits per heavy atom. The molecule has 0 spiro atoms. The SMILES string of the molecule is CCCCC[C@H](O)CC[C@@H]1[C@@H](Cc2cccc(OCC(=O)OC)c2CC)CC[C@H]1OC(=O)CC(C)C. The Bertz CT molecular complexity index is 805. The number of unbranched alkanes of at least 4 members (excludes halogenated alkanes) is 2. The lowest BCUT2D eigenvalue weighted by Crippen LogP contribution is -2.28. The molecule has 1 fully saturated rings. The zero-order chi connectivity index (χ0) is 26.5. The van der Waals surface area contributed by atoms with Crippen LogP contribution in [0.4, 0.5) is 0 Å². The number of rotatable bonds is 16. The van der Waals surface area contributed by atoms with Crippen molar-refractivity contribution in [2.24, 2.45) is 17.8 Å². The standard InChI is InChI=1S/C30H48O6/c1-6-8-9-12-24(31)15-16-26-23(14-17-28(26)36-29(32)18-21(3)4)19-22-11-10-13-27(25(22)7-2)35-20-30(33)34-5/h10-11,13,21,23-24,26,28,31H,6-9,12,14-20H2,1-5H3/t23-,24+,26-,28-/m1/s1. The van der Waals surface area contributed by atoms with Gasteiger partial charge in [0.05, 0.1) is 13.2 Å². The minimum absolute atomic E-state index is 0.0899. The monoisotopic (exact) mass is 504 g/mol. The Labute approximate surface area is 218 Å². The van der Waals surface area contributed by atoms with Gasteiger partial charge in [-0.1, -0.05) is 59.1 Å². The van der Waals surface area contributed by atoms with Gasteiger partial charge in [0.15, 0.2) is 6.61 Å². The highest BCUT2D eigenvalue weighted by atomic mass is 16.6. The number of aliphatic hydroxyl groups excluding tert-OH is 1. The number of carbonyl (C=O) groups excluding carboxylic acids is 2. The fourth-order valence-electron chi connectivity index (χ4n) is 5.46. The number of hydrogen-bond donors (Lipinski definition) is 1. The molecule has 0 unspecified atom stereocenters. The Kier molecular flexibility index (Phi) is 13.3.